The summed E-state index contributed by atoms with van der Waals surface area (Å²) in [6.45, 7) is 6.77. The Hall–Kier alpha value is -1.43. The Morgan fingerprint density at radius 2 is 2.08 bits per heavy atom. The summed E-state index contributed by atoms with van der Waals surface area (Å²) >= 11 is 0. The van der Waals surface area contributed by atoms with E-state index >= 15 is 0 Å². The zero-order chi connectivity index (χ0) is 16.9. The van der Waals surface area contributed by atoms with Crippen molar-refractivity contribution in [2.75, 3.05) is 19.6 Å². The molecule has 24 heavy (non-hydrogen) atoms. The number of hydrogen-bond acceptors (Lipinski definition) is 4. The van der Waals surface area contributed by atoms with Gasteiger partial charge in [-0.25, -0.2) is 0 Å². The lowest BCUT2D eigenvalue weighted by molar-refractivity contribution is -0.123. The van der Waals surface area contributed by atoms with Crippen molar-refractivity contribution in [3.8, 4) is 0 Å². The molecular formula is C19H29N3O2. The van der Waals surface area contributed by atoms with Gasteiger partial charge in [-0.15, -0.1) is 0 Å². The predicted octanol–water partition coefficient (Wildman–Crippen LogP) is 1.26. The van der Waals surface area contributed by atoms with E-state index in [2.05, 4.69) is 46.7 Å². The second kappa shape index (κ2) is 8.10. The zero-order valence-corrected chi connectivity index (χ0v) is 14.5. The summed E-state index contributed by atoms with van der Waals surface area (Å²) in [5.41, 5.74) is 2.44. The SMILES string of the molecule is CC1CCCN(Cc2ccc(CNC(=O)C3CC(O)CN3)cc2)C1. The summed E-state index contributed by atoms with van der Waals surface area (Å²) in [4.78, 5) is 14.6. The van der Waals surface area contributed by atoms with Crippen LogP contribution >= 0.6 is 0 Å². The number of amides is 1. The molecule has 1 amide bonds. The smallest absolute Gasteiger partial charge is 0.237 e. The fourth-order valence-electron chi connectivity index (χ4n) is 3.68. The number of piperidine rings is 1. The maximum atomic E-state index is 12.0. The van der Waals surface area contributed by atoms with E-state index in [0.717, 1.165) is 18.0 Å². The lowest BCUT2D eigenvalue weighted by Gasteiger charge is -2.30. The van der Waals surface area contributed by atoms with Crippen molar-refractivity contribution in [3.05, 3.63) is 35.4 Å². The van der Waals surface area contributed by atoms with Crippen LogP contribution in [0.25, 0.3) is 0 Å². The largest absolute Gasteiger partial charge is 0.392 e. The molecule has 3 N–H and O–H groups in total. The van der Waals surface area contributed by atoms with E-state index in [1.165, 1.54) is 31.5 Å². The number of rotatable bonds is 5. The molecule has 3 atom stereocenters. The molecule has 0 aromatic heterocycles. The van der Waals surface area contributed by atoms with E-state index in [1.807, 2.05) is 0 Å². The molecule has 2 fully saturated rings. The van der Waals surface area contributed by atoms with Crippen LogP contribution < -0.4 is 10.6 Å². The first-order valence-corrected chi connectivity index (χ1v) is 9.09. The van der Waals surface area contributed by atoms with Gasteiger partial charge >= 0.3 is 0 Å². The number of aliphatic hydroxyl groups excluding tert-OH is 1. The van der Waals surface area contributed by atoms with Crippen LogP contribution in [0.5, 0.6) is 0 Å². The molecule has 0 aliphatic carbocycles. The van der Waals surface area contributed by atoms with Crippen LogP contribution in [0.3, 0.4) is 0 Å². The molecule has 132 valence electrons. The molecule has 3 unspecified atom stereocenters. The summed E-state index contributed by atoms with van der Waals surface area (Å²) < 4.78 is 0. The van der Waals surface area contributed by atoms with Gasteiger partial charge in [0.15, 0.2) is 0 Å². The van der Waals surface area contributed by atoms with Gasteiger partial charge in [-0.1, -0.05) is 31.2 Å². The van der Waals surface area contributed by atoms with E-state index < -0.39 is 6.10 Å². The van der Waals surface area contributed by atoms with Crippen LogP contribution in [-0.4, -0.2) is 47.7 Å². The van der Waals surface area contributed by atoms with Crippen LogP contribution in [-0.2, 0) is 17.9 Å². The molecule has 2 saturated heterocycles. The molecule has 2 aliphatic heterocycles. The number of carbonyl (C=O) groups excluding carboxylic acids is 1. The van der Waals surface area contributed by atoms with Crippen LogP contribution in [0.1, 0.15) is 37.3 Å². The molecule has 2 heterocycles. The Kier molecular flexibility index (Phi) is 5.87. The molecule has 5 nitrogen and oxygen atoms in total. The zero-order valence-electron chi connectivity index (χ0n) is 14.5. The van der Waals surface area contributed by atoms with Gasteiger partial charge < -0.3 is 15.7 Å². The van der Waals surface area contributed by atoms with Crippen molar-refractivity contribution in [3.63, 3.8) is 0 Å². The number of β-amino-alcohol motifs (C(OH)–C–C–N with tert-alkyl or cyclic N) is 1. The van der Waals surface area contributed by atoms with Gasteiger partial charge in [0.1, 0.15) is 0 Å². The average molecular weight is 331 g/mol. The third-order valence-electron chi connectivity index (χ3n) is 5.06. The quantitative estimate of drug-likeness (QED) is 0.760. The van der Waals surface area contributed by atoms with E-state index in [1.54, 1.807) is 0 Å². The van der Waals surface area contributed by atoms with Gasteiger partial charge in [-0.3, -0.25) is 9.69 Å². The molecule has 5 heteroatoms. The van der Waals surface area contributed by atoms with Crippen molar-refractivity contribution < 1.29 is 9.90 Å². The summed E-state index contributed by atoms with van der Waals surface area (Å²) in [7, 11) is 0. The number of nitrogens with zero attached hydrogens (tertiary/aromatic N) is 1. The monoisotopic (exact) mass is 331 g/mol. The van der Waals surface area contributed by atoms with Crippen molar-refractivity contribution >= 4 is 5.91 Å². The number of hydrogen-bond donors (Lipinski definition) is 3. The second-order valence-electron chi connectivity index (χ2n) is 7.37. The number of benzene rings is 1. The fourth-order valence-corrected chi connectivity index (χ4v) is 3.68. The summed E-state index contributed by atoms with van der Waals surface area (Å²) in [6.07, 6.45) is 2.74. The third-order valence-corrected chi connectivity index (χ3v) is 5.06. The first kappa shape index (κ1) is 17.4. The number of carbonyl (C=O) groups is 1. The summed E-state index contributed by atoms with van der Waals surface area (Å²) in [5.74, 6) is 0.772. The molecule has 2 aliphatic rings. The summed E-state index contributed by atoms with van der Waals surface area (Å²) in [5, 5.41) is 15.4. The van der Waals surface area contributed by atoms with E-state index in [4.69, 9.17) is 0 Å². The normalized spacial score (nSPS) is 28.0. The highest BCUT2D eigenvalue weighted by molar-refractivity contribution is 5.82. The molecule has 1 aromatic carbocycles. The Morgan fingerprint density at radius 1 is 1.33 bits per heavy atom. The Morgan fingerprint density at radius 3 is 2.75 bits per heavy atom. The van der Waals surface area contributed by atoms with Crippen LogP contribution in [0, 0.1) is 5.92 Å². The van der Waals surface area contributed by atoms with Crippen molar-refractivity contribution in [2.45, 2.75) is 51.4 Å². The molecular weight excluding hydrogens is 302 g/mol. The van der Waals surface area contributed by atoms with Crippen molar-refractivity contribution in [1.29, 1.82) is 0 Å². The van der Waals surface area contributed by atoms with Crippen LogP contribution in [0.4, 0.5) is 0 Å². The first-order valence-electron chi connectivity index (χ1n) is 9.09. The Bertz CT molecular complexity index is 546. The van der Waals surface area contributed by atoms with Crippen LogP contribution in [0.2, 0.25) is 0 Å². The van der Waals surface area contributed by atoms with Crippen molar-refractivity contribution in [1.82, 2.24) is 15.5 Å². The van der Waals surface area contributed by atoms with E-state index in [9.17, 15) is 9.90 Å². The predicted molar refractivity (Wildman–Crippen MR) is 94.4 cm³/mol. The highest BCUT2D eigenvalue weighted by Gasteiger charge is 2.27. The number of nitrogens with one attached hydrogen (secondary N) is 2. The standard InChI is InChI=1S/C19H29N3O2/c1-14-3-2-8-22(12-14)13-16-6-4-15(5-7-16)10-21-19(24)18-9-17(23)11-20-18/h4-7,14,17-18,20,23H,2-3,8-13H2,1H3,(H,21,24). The molecule has 0 bridgehead atoms. The highest BCUT2D eigenvalue weighted by Crippen LogP contribution is 2.18. The van der Waals surface area contributed by atoms with Gasteiger partial charge in [-0.2, -0.15) is 0 Å². The summed E-state index contributed by atoms with van der Waals surface area (Å²) in [6, 6.07) is 8.26. The maximum absolute atomic E-state index is 12.0. The molecule has 1 aromatic rings. The third kappa shape index (κ3) is 4.79. The number of likely N-dealkylation sites (tertiary alicyclic amines) is 1. The van der Waals surface area contributed by atoms with Gasteiger partial charge in [0.2, 0.25) is 5.91 Å². The number of aliphatic hydroxyl groups is 1. The maximum Gasteiger partial charge on any atom is 0.237 e. The highest BCUT2D eigenvalue weighted by atomic mass is 16.3. The molecule has 0 radical (unpaired) electrons. The molecule has 3 rings (SSSR count). The molecule has 0 spiro atoms. The van der Waals surface area contributed by atoms with Crippen LogP contribution in [0.15, 0.2) is 24.3 Å². The van der Waals surface area contributed by atoms with E-state index in [0.29, 0.717) is 19.5 Å². The van der Waals surface area contributed by atoms with Gasteiger partial charge in [0.05, 0.1) is 12.1 Å². The second-order valence-corrected chi connectivity index (χ2v) is 7.37. The van der Waals surface area contributed by atoms with E-state index in [-0.39, 0.29) is 11.9 Å². The minimum absolute atomic E-state index is 0.0297. The van der Waals surface area contributed by atoms with Gasteiger partial charge in [-0.05, 0) is 42.9 Å². The molecule has 0 saturated carbocycles. The minimum atomic E-state index is -0.405. The Balaban J connectivity index is 1.45. The van der Waals surface area contributed by atoms with Gasteiger partial charge in [0, 0.05) is 26.2 Å². The average Bonchev–Trinajstić information content (AvgIpc) is 3.01. The lowest BCUT2D eigenvalue weighted by atomic mass is 9.99. The van der Waals surface area contributed by atoms with Crippen molar-refractivity contribution in [2.24, 2.45) is 5.92 Å². The topological polar surface area (TPSA) is 64.6 Å². The first-order chi connectivity index (χ1) is 11.6. The fraction of sp³-hybridized carbons (Fsp3) is 0.632. The Labute approximate surface area is 144 Å². The van der Waals surface area contributed by atoms with Gasteiger partial charge in [0.25, 0.3) is 0 Å². The lowest BCUT2D eigenvalue weighted by Crippen LogP contribution is -2.40. The minimum Gasteiger partial charge on any atom is -0.392 e.